The molecule has 0 aliphatic carbocycles. The first-order valence-electron chi connectivity index (χ1n) is 7.50. The van der Waals surface area contributed by atoms with E-state index in [1.807, 2.05) is 31.2 Å². The SMILES string of the molecule is CC(=O)C1=C(O)C(=O)N(c2ccc(F)cc2)[C@H]1c1ccccc1C. The van der Waals surface area contributed by atoms with Crippen LogP contribution >= 0.6 is 0 Å². The summed E-state index contributed by atoms with van der Waals surface area (Å²) in [6.45, 7) is 3.19. The number of hydrogen-bond acceptors (Lipinski definition) is 3. The van der Waals surface area contributed by atoms with Crippen LogP contribution in [0.3, 0.4) is 0 Å². The molecule has 0 saturated carbocycles. The molecule has 3 rings (SSSR count). The Bertz CT molecular complexity index is 855. The van der Waals surface area contributed by atoms with Crippen LogP contribution in [0.25, 0.3) is 0 Å². The van der Waals surface area contributed by atoms with Gasteiger partial charge in [0.05, 0.1) is 11.6 Å². The minimum Gasteiger partial charge on any atom is -0.503 e. The van der Waals surface area contributed by atoms with E-state index in [0.717, 1.165) is 11.1 Å². The second-order valence-corrected chi connectivity index (χ2v) is 5.73. The summed E-state index contributed by atoms with van der Waals surface area (Å²) in [7, 11) is 0. The Morgan fingerprint density at radius 2 is 1.75 bits per heavy atom. The number of Topliss-reactive ketones (excluding diaryl/α,β-unsaturated/α-hetero) is 1. The second kappa shape index (κ2) is 5.92. The number of aliphatic hydroxyl groups excluding tert-OH is 1. The van der Waals surface area contributed by atoms with Crippen molar-refractivity contribution in [2.24, 2.45) is 0 Å². The van der Waals surface area contributed by atoms with Gasteiger partial charge in [-0.15, -0.1) is 0 Å². The number of amides is 1. The molecule has 1 atom stereocenters. The van der Waals surface area contributed by atoms with Crippen molar-refractivity contribution in [2.45, 2.75) is 19.9 Å². The highest BCUT2D eigenvalue weighted by molar-refractivity contribution is 6.16. The number of aryl methyl sites for hydroxylation is 1. The van der Waals surface area contributed by atoms with E-state index in [-0.39, 0.29) is 11.4 Å². The lowest BCUT2D eigenvalue weighted by Gasteiger charge is -2.27. The highest BCUT2D eigenvalue weighted by Crippen LogP contribution is 2.41. The number of rotatable bonds is 3. The Morgan fingerprint density at radius 1 is 1.12 bits per heavy atom. The van der Waals surface area contributed by atoms with Crippen molar-refractivity contribution in [3.05, 3.63) is 76.8 Å². The van der Waals surface area contributed by atoms with Crippen molar-refractivity contribution in [3.8, 4) is 0 Å². The fraction of sp³-hybridized carbons (Fsp3) is 0.158. The Morgan fingerprint density at radius 3 is 2.33 bits per heavy atom. The summed E-state index contributed by atoms with van der Waals surface area (Å²) in [5.74, 6) is -2.03. The van der Waals surface area contributed by atoms with Gasteiger partial charge in [-0.25, -0.2) is 4.39 Å². The van der Waals surface area contributed by atoms with Crippen LogP contribution < -0.4 is 4.90 Å². The van der Waals surface area contributed by atoms with Gasteiger partial charge in [0.25, 0.3) is 5.91 Å². The third-order valence-electron chi connectivity index (χ3n) is 4.18. The lowest BCUT2D eigenvalue weighted by atomic mass is 9.93. The minimum atomic E-state index is -0.735. The first kappa shape index (κ1) is 15.9. The van der Waals surface area contributed by atoms with Crippen LogP contribution in [0.1, 0.15) is 24.1 Å². The average molecular weight is 325 g/mol. The molecule has 1 amide bonds. The first-order chi connectivity index (χ1) is 11.4. The number of aliphatic hydroxyl groups is 1. The van der Waals surface area contributed by atoms with Crippen LogP contribution in [0.2, 0.25) is 0 Å². The number of hydrogen-bond donors (Lipinski definition) is 1. The number of carbonyl (C=O) groups excluding carboxylic acids is 2. The van der Waals surface area contributed by atoms with Gasteiger partial charge in [-0.2, -0.15) is 0 Å². The molecule has 1 N–H and O–H groups in total. The van der Waals surface area contributed by atoms with E-state index in [0.29, 0.717) is 5.69 Å². The number of anilines is 1. The molecule has 0 saturated heterocycles. The number of carbonyl (C=O) groups is 2. The third kappa shape index (κ3) is 2.48. The fourth-order valence-electron chi connectivity index (χ4n) is 3.02. The lowest BCUT2D eigenvalue weighted by molar-refractivity contribution is -0.117. The van der Waals surface area contributed by atoms with Gasteiger partial charge >= 0.3 is 0 Å². The zero-order chi connectivity index (χ0) is 17.4. The van der Waals surface area contributed by atoms with Crippen molar-refractivity contribution < 1.29 is 19.1 Å². The molecule has 4 nitrogen and oxygen atoms in total. The minimum absolute atomic E-state index is 0.0543. The van der Waals surface area contributed by atoms with Crippen molar-refractivity contribution >= 4 is 17.4 Å². The molecule has 1 heterocycles. The van der Waals surface area contributed by atoms with E-state index in [4.69, 9.17) is 0 Å². The molecule has 0 aromatic heterocycles. The summed E-state index contributed by atoms with van der Waals surface area (Å²) in [6, 6.07) is 12.0. The maximum Gasteiger partial charge on any atom is 0.294 e. The molecular weight excluding hydrogens is 309 g/mol. The molecule has 0 spiro atoms. The van der Waals surface area contributed by atoms with Crippen LogP contribution in [0, 0.1) is 12.7 Å². The number of benzene rings is 2. The Labute approximate surface area is 138 Å². The van der Waals surface area contributed by atoms with Crippen LogP contribution in [0.4, 0.5) is 10.1 Å². The van der Waals surface area contributed by atoms with Gasteiger partial charge in [0.2, 0.25) is 0 Å². The first-order valence-corrected chi connectivity index (χ1v) is 7.50. The zero-order valence-corrected chi connectivity index (χ0v) is 13.3. The van der Waals surface area contributed by atoms with Gasteiger partial charge in [0.1, 0.15) is 5.82 Å². The number of ketones is 1. The van der Waals surface area contributed by atoms with E-state index in [9.17, 15) is 19.1 Å². The smallest absolute Gasteiger partial charge is 0.294 e. The maximum absolute atomic E-state index is 13.2. The van der Waals surface area contributed by atoms with Crippen LogP contribution in [-0.2, 0) is 9.59 Å². The Kier molecular flexibility index (Phi) is 3.93. The Hall–Kier alpha value is -2.95. The summed E-state index contributed by atoms with van der Waals surface area (Å²) in [6.07, 6.45) is 0. The summed E-state index contributed by atoms with van der Waals surface area (Å²) in [4.78, 5) is 26.0. The predicted octanol–water partition coefficient (Wildman–Crippen LogP) is 3.62. The Balaban J connectivity index is 2.21. The van der Waals surface area contributed by atoms with Crippen molar-refractivity contribution in [1.82, 2.24) is 0 Å². The molecule has 0 bridgehead atoms. The molecular formula is C19H16FNO3. The molecule has 24 heavy (non-hydrogen) atoms. The standard InChI is InChI=1S/C19H16FNO3/c1-11-5-3-4-6-15(11)17-16(12(2)22)18(23)19(24)21(17)14-9-7-13(20)8-10-14/h3-10,17,23H,1-2H3/t17-/m0/s1. The van der Waals surface area contributed by atoms with E-state index in [2.05, 4.69) is 0 Å². The van der Waals surface area contributed by atoms with Crippen LogP contribution in [-0.4, -0.2) is 16.8 Å². The molecule has 2 aromatic carbocycles. The van der Waals surface area contributed by atoms with Gasteiger partial charge in [-0.1, -0.05) is 24.3 Å². The van der Waals surface area contributed by atoms with E-state index in [1.54, 1.807) is 0 Å². The number of nitrogens with zero attached hydrogens (tertiary/aromatic N) is 1. The highest BCUT2D eigenvalue weighted by Gasteiger charge is 2.43. The molecule has 2 aromatic rings. The monoisotopic (exact) mass is 325 g/mol. The molecule has 1 aliphatic heterocycles. The summed E-state index contributed by atoms with van der Waals surface area (Å²) >= 11 is 0. The van der Waals surface area contributed by atoms with Gasteiger partial charge in [-0.3, -0.25) is 14.5 Å². The number of halogens is 1. The lowest BCUT2D eigenvalue weighted by Crippen LogP contribution is -2.31. The van der Waals surface area contributed by atoms with Crippen molar-refractivity contribution in [2.75, 3.05) is 4.90 Å². The van der Waals surface area contributed by atoms with Crippen molar-refractivity contribution in [3.63, 3.8) is 0 Å². The second-order valence-electron chi connectivity index (χ2n) is 5.73. The zero-order valence-electron chi connectivity index (χ0n) is 13.3. The highest BCUT2D eigenvalue weighted by atomic mass is 19.1. The van der Waals surface area contributed by atoms with E-state index < -0.39 is 23.5 Å². The van der Waals surface area contributed by atoms with Gasteiger partial charge in [0.15, 0.2) is 11.5 Å². The van der Waals surface area contributed by atoms with Gasteiger partial charge in [-0.05, 0) is 49.2 Å². The molecule has 0 fully saturated rings. The fourth-order valence-corrected chi connectivity index (χ4v) is 3.02. The summed E-state index contributed by atoms with van der Waals surface area (Å²) < 4.78 is 13.2. The third-order valence-corrected chi connectivity index (χ3v) is 4.18. The summed E-state index contributed by atoms with van der Waals surface area (Å²) in [5.41, 5.74) is 2.09. The average Bonchev–Trinajstić information content (AvgIpc) is 2.81. The molecule has 122 valence electrons. The molecule has 0 unspecified atom stereocenters. The maximum atomic E-state index is 13.2. The molecule has 5 heteroatoms. The van der Waals surface area contributed by atoms with Crippen LogP contribution in [0.5, 0.6) is 0 Å². The normalized spacial score (nSPS) is 17.5. The van der Waals surface area contributed by atoms with E-state index in [1.165, 1.54) is 36.1 Å². The van der Waals surface area contributed by atoms with E-state index >= 15 is 0 Å². The van der Waals surface area contributed by atoms with Crippen LogP contribution in [0.15, 0.2) is 59.9 Å². The van der Waals surface area contributed by atoms with Crippen molar-refractivity contribution in [1.29, 1.82) is 0 Å². The largest absolute Gasteiger partial charge is 0.503 e. The predicted molar refractivity (Wildman–Crippen MR) is 88.1 cm³/mol. The quantitative estimate of drug-likeness (QED) is 0.937. The molecule has 0 radical (unpaired) electrons. The summed E-state index contributed by atoms with van der Waals surface area (Å²) in [5, 5.41) is 10.2. The molecule has 1 aliphatic rings. The topological polar surface area (TPSA) is 57.6 Å². The van der Waals surface area contributed by atoms with Gasteiger partial charge in [0, 0.05) is 5.69 Å². The van der Waals surface area contributed by atoms with Gasteiger partial charge < -0.3 is 5.11 Å².